The van der Waals surface area contributed by atoms with Gasteiger partial charge in [0.05, 0.1) is 9.95 Å². The highest BCUT2D eigenvalue weighted by molar-refractivity contribution is 6.42. The van der Waals surface area contributed by atoms with Crippen molar-refractivity contribution in [2.45, 2.75) is 0 Å². The molecule has 0 saturated heterocycles. The fourth-order valence-electron chi connectivity index (χ4n) is 1.45. The molecule has 0 aliphatic heterocycles. The number of ether oxygens (including phenoxy) is 1. The van der Waals surface area contributed by atoms with Crippen LogP contribution in [0.1, 0.15) is 0 Å². The minimum Gasteiger partial charge on any atom is -0.456 e. The summed E-state index contributed by atoms with van der Waals surface area (Å²) >= 11 is 11.8. The number of nitrogens with zero attached hydrogens (tertiary/aromatic N) is 1. The van der Waals surface area contributed by atoms with Crippen molar-refractivity contribution in [1.82, 2.24) is 0 Å². The molecule has 0 unspecified atom stereocenters. The summed E-state index contributed by atoms with van der Waals surface area (Å²) in [7, 11) is 0. The van der Waals surface area contributed by atoms with E-state index in [4.69, 9.17) is 33.7 Å². The highest BCUT2D eigenvalue weighted by Gasteiger charge is 2.13. The van der Waals surface area contributed by atoms with Gasteiger partial charge in [0, 0.05) is 12.1 Å². The molecule has 0 fully saturated rings. The molecule has 19 heavy (non-hydrogen) atoms. The lowest BCUT2D eigenvalue weighted by molar-refractivity contribution is -0.383. The zero-order valence-electron chi connectivity index (χ0n) is 9.47. The summed E-state index contributed by atoms with van der Waals surface area (Å²) in [5, 5.41) is 11.3. The molecule has 7 heteroatoms. The van der Waals surface area contributed by atoms with Gasteiger partial charge in [-0.05, 0) is 18.2 Å². The lowest BCUT2D eigenvalue weighted by Gasteiger charge is -2.08. The molecule has 0 bridgehead atoms. The van der Waals surface area contributed by atoms with E-state index >= 15 is 0 Å². The van der Waals surface area contributed by atoms with E-state index in [1.165, 1.54) is 18.2 Å². The maximum atomic E-state index is 10.6. The Morgan fingerprint density at radius 1 is 1.21 bits per heavy atom. The zero-order valence-corrected chi connectivity index (χ0v) is 11.0. The van der Waals surface area contributed by atoms with E-state index in [0.29, 0.717) is 16.5 Å². The number of nitrogen functional groups attached to an aromatic ring is 1. The molecule has 0 spiro atoms. The minimum atomic E-state index is -0.564. The van der Waals surface area contributed by atoms with Crippen molar-refractivity contribution >= 4 is 34.6 Å². The molecule has 98 valence electrons. The van der Waals surface area contributed by atoms with E-state index in [2.05, 4.69) is 0 Å². The van der Waals surface area contributed by atoms with Gasteiger partial charge in [-0.15, -0.1) is 0 Å². The third kappa shape index (κ3) is 2.89. The van der Waals surface area contributed by atoms with Crippen LogP contribution in [0.25, 0.3) is 0 Å². The minimum absolute atomic E-state index is 0.0145. The average molecular weight is 299 g/mol. The molecule has 2 aromatic carbocycles. The molecule has 0 saturated carbocycles. The standard InChI is InChI=1S/C12H8Cl2N2O3/c13-8-2-1-3-11(12(8)14)19-7-4-5-10(16(17)18)9(15)6-7/h1-6H,15H2. The Morgan fingerprint density at radius 2 is 1.95 bits per heavy atom. The largest absolute Gasteiger partial charge is 0.456 e. The summed E-state index contributed by atoms with van der Waals surface area (Å²) in [5.74, 6) is 0.690. The molecule has 0 amide bonds. The first-order chi connectivity index (χ1) is 8.99. The van der Waals surface area contributed by atoms with Gasteiger partial charge in [-0.1, -0.05) is 29.3 Å². The Labute approximate surface area is 118 Å². The molecular weight excluding hydrogens is 291 g/mol. The summed E-state index contributed by atoms with van der Waals surface area (Å²) in [6.45, 7) is 0. The lowest BCUT2D eigenvalue weighted by atomic mass is 10.2. The first kappa shape index (κ1) is 13.5. The summed E-state index contributed by atoms with van der Waals surface area (Å²) in [5.41, 5.74) is 5.40. The van der Waals surface area contributed by atoms with Crippen molar-refractivity contribution in [3.05, 3.63) is 56.6 Å². The number of halogens is 2. The number of rotatable bonds is 3. The second kappa shape index (κ2) is 5.34. The van der Waals surface area contributed by atoms with Crippen molar-refractivity contribution in [1.29, 1.82) is 0 Å². The first-order valence-corrected chi connectivity index (χ1v) is 5.90. The number of nitro benzene ring substituents is 1. The van der Waals surface area contributed by atoms with Crippen LogP contribution in [0.4, 0.5) is 11.4 Å². The Hall–Kier alpha value is -1.98. The van der Waals surface area contributed by atoms with Gasteiger partial charge in [-0.3, -0.25) is 10.1 Å². The fraction of sp³-hybridized carbons (Fsp3) is 0. The van der Waals surface area contributed by atoms with E-state index in [9.17, 15) is 10.1 Å². The molecule has 0 heterocycles. The predicted octanol–water partition coefficient (Wildman–Crippen LogP) is 4.28. The van der Waals surface area contributed by atoms with Gasteiger partial charge in [-0.25, -0.2) is 0 Å². The molecule has 2 rings (SSSR count). The van der Waals surface area contributed by atoms with Crippen LogP contribution in [0.3, 0.4) is 0 Å². The average Bonchev–Trinajstić information content (AvgIpc) is 2.34. The third-order valence-electron chi connectivity index (χ3n) is 2.34. The summed E-state index contributed by atoms with van der Waals surface area (Å²) in [4.78, 5) is 10.1. The van der Waals surface area contributed by atoms with Crippen molar-refractivity contribution in [3.63, 3.8) is 0 Å². The van der Waals surface area contributed by atoms with Crippen LogP contribution in [0, 0.1) is 10.1 Å². The normalized spacial score (nSPS) is 10.2. The van der Waals surface area contributed by atoms with Crippen LogP contribution in [0.15, 0.2) is 36.4 Å². The van der Waals surface area contributed by atoms with Gasteiger partial charge in [0.2, 0.25) is 0 Å². The SMILES string of the molecule is Nc1cc(Oc2cccc(Cl)c2Cl)ccc1[N+](=O)[O-]. The van der Waals surface area contributed by atoms with Crippen molar-refractivity contribution in [2.24, 2.45) is 0 Å². The van der Waals surface area contributed by atoms with Crippen LogP contribution >= 0.6 is 23.2 Å². The fourth-order valence-corrected chi connectivity index (χ4v) is 1.78. The van der Waals surface area contributed by atoms with Gasteiger partial charge in [0.25, 0.3) is 5.69 Å². The van der Waals surface area contributed by atoms with Crippen LogP contribution in [0.2, 0.25) is 10.0 Å². The van der Waals surface area contributed by atoms with Crippen molar-refractivity contribution < 1.29 is 9.66 Å². The van der Waals surface area contributed by atoms with Gasteiger partial charge >= 0.3 is 0 Å². The van der Waals surface area contributed by atoms with Gasteiger partial charge in [-0.2, -0.15) is 0 Å². The second-order valence-electron chi connectivity index (χ2n) is 3.63. The summed E-state index contributed by atoms with van der Waals surface area (Å²) in [6.07, 6.45) is 0. The number of hydrogen-bond donors (Lipinski definition) is 1. The smallest absolute Gasteiger partial charge is 0.292 e. The number of benzene rings is 2. The van der Waals surface area contributed by atoms with E-state index in [1.807, 2.05) is 0 Å². The summed E-state index contributed by atoms with van der Waals surface area (Å²) in [6, 6.07) is 9.00. The van der Waals surface area contributed by atoms with Crippen molar-refractivity contribution in [3.8, 4) is 11.5 Å². The molecule has 0 aliphatic rings. The van der Waals surface area contributed by atoms with Crippen LogP contribution < -0.4 is 10.5 Å². The highest BCUT2D eigenvalue weighted by atomic mass is 35.5. The Kier molecular flexibility index (Phi) is 3.78. The van der Waals surface area contributed by atoms with Gasteiger partial charge < -0.3 is 10.5 Å². The quantitative estimate of drug-likeness (QED) is 0.521. The van der Waals surface area contributed by atoms with E-state index in [-0.39, 0.29) is 16.4 Å². The zero-order chi connectivity index (χ0) is 14.0. The molecule has 5 nitrogen and oxygen atoms in total. The Bertz CT molecular complexity index is 647. The Balaban J connectivity index is 2.32. The first-order valence-electron chi connectivity index (χ1n) is 5.15. The highest BCUT2D eigenvalue weighted by Crippen LogP contribution is 2.36. The van der Waals surface area contributed by atoms with E-state index in [0.717, 1.165) is 0 Å². The molecule has 0 aliphatic carbocycles. The third-order valence-corrected chi connectivity index (χ3v) is 3.14. The molecule has 0 aromatic heterocycles. The number of nitrogens with two attached hydrogens (primary N) is 1. The lowest BCUT2D eigenvalue weighted by Crippen LogP contribution is -1.96. The molecule has 2 aromatic rings. The predicted molar refractivity (Wildman–Crippen MR) is 74.0 cm³/mol. The number of anilines is 1. The van der Waals surface area contributed by atoms with Crippen molar-refractivity contribution in [2.75, 3.05) is 5.73 Å². The maximum Gasteiger partial charge on any atom is 0.292 e. The molecular formula is C12H8Cl2N2O3. The summed E-state index contributed by atoms with van der Waals surface area (Å²) < 4.78 is 5.49. The van der Waals surface area contributed by atoms with Crippen LogP contribution in [-0.2, 0) is 0 Å². The second-order valence-corrected chi connectivity index (χ2v) is 4.42. The monoisotopic (exact) mass is 298 g/mol. The topological polar surface area (TPSA) is 78.4 Å². The van der Waals surface area contributed by atoms with Gasteiger partial charge in [0.15, 0.2) is 0 Å². The number of nitro groups is 1. The number of hydrogen-bond acceptors (Lipinski definition) is 4. The molecule has 0 radical (unpaired) electrons. The molecule has 2 N–H and O–H groups in total. The van der Waals surface area contributed by atoms with Gasteiger partial charge in [0.1, 0.15) is 22.2 Å². The van der Waals surface area contributed by atoms with Crippen LogP contribution in [-0.4, -0.2) is 4.92 Å². The van der Waals surface area contributed by atoms with Crippen LogP contribution in [0.5, 0.6) is 11.5 Å². The van der Waals surface area contributed by atoms with E-state index < -0.39 is 4.92 Å². The Morgan fingerprint density at radius 3 is 2.58 bits per heavy atom. The molecule has 0 atom stereocenters. The maximum absolute atomic E-state index is 10.6. The van der Waals surface area contributed by atoms with E-state index in [1.54, 1.807) is 18.2 Å².